The summed E-state index contributed by atoms with van der Waals surface area (Å²) in [6.07, 6.45) is -0.0639. The van der Waals surface area contributed by atoms with E-state index in [9.17, 15) is 4.79 Å². The lowest BCUT2D eigenvalue weighted by molar-refractivity contribution is -0.153. The molecule has 100 valence electrons. The summed E-state index contributed by atoms with van der Waals surface area (Å²) in [6.45, 7) is 6.26. The maximum atomic E-state index is 11.8. The Balaban J connectivity index is 2.62. The highest BCUT2D eigenvalue weighted by Gasteiger charge is 2.21. The number of carbonyl (C=O) groups excluding carboxylic acids is 1. The van der Waals surface area contributed by atoms with Crippen LogP contribution in [0.2, 0.25) is 5.02 Å². The molecule has 1 aromatic carbocycles. The smallest absolute Gasteiger partial charge is 0.347 e. The Labute approximate surface area is 113 Å². The lowest BCUT2D eigenvalue weighted by Crippen LogP contribution is -2.29. The molecule has 0 aliphatic rings. The third-order valence-electron chi connectivity index (χ3n) is 2.30. The monoisotopic (exact) mass is 270 g/mol. The fraction of sp³-hybridized carbons (Fsp3) is 0.500. The van der Waals surface area contributed by atoms with Crippen molar-refractivity contribution in [3.63, 3.8) is 0 Å². The lowest BCUT2D eigenvalue weighted by Gasteiger charge is -2.17. The molecule has 18 heavy (non-hydrogen) atoms. The maximum absolute atomic E-state index is 11.8. The van der Waals surface area contributed by atoms with Gasteiger partial charge < -0.3 is 9.47 Å². The Kier molecular flexibility index (Phi) is 5.99. The highest BCUT2D eigenvalue weighted by atomic mass is 35.5. The first-order valence-electron chi connectivity index (χ1n) is 6.12. The Morgan fingerprint density at radius 1 is 1.33 bits per heavy atom. The molecule has 1 rings (SSSR count). The van der Waals surface area contributed by atoms with Gasteiger partial charge in [-0.25, -0.2) is 4.79 Å². The van der Waals surface area contributed by atoms with Gasteiger partial charge >= 0.3 is 5.97 Å². The van der Waals surface area contributed by atoms with Gasteiger partial charge in [0.25, 0.3) is 0 Å². The Hall–Kier alpha value is -1.22. The highest BCUT2D eigenvalue weighted by molar-refractivity contribution is 6.32. The number of benzene rings is 1. The zero-order chi connectivity index (χ0) is 13.5. The number of hydrogen-bond acceptors (Lipinski definition) is 3. The average Bonchev–Trinajstić information content (AvgIpc) is 2.35. The topological polar surface area (TPSA) is 35.5 Å². The van der Waals surface area contributed by atoms with E-state index >= 15 is 0 Å². The largest absolute Gasteiger partial charge is 0.477 e. The minimum atomic E-state index is -0.608. The Morgan fingerprint density at radius 3 is 2.56 bits per heavy atom. The van der Waals surface area contributed by atoms with Crippen molar-refractivity contribution in [3.8, 4) is 5.75 Å². The van der Waals surface area contributed by atoms with E-state index in [-0.39, 0.29) is 5.97 Å². The predicted molar refractivity (Wildman–Crippen MR) is 72.0 cm³/mol. The molecule has 0 spiro atoms. The van der Waals surface area contributed by atoms with Gasteiger partial charge in [0.1, 0.15) is 5.75 Å². The number of ether oxygens (including phenoxy) is 2. The summed E-state index contributed by atoms with van der Waals surface area (Å²) in [4.78, 5) is 11.8. The van der Waals surface area contributed by atoms with Crippen LogP contribution in [0.3, 0.4) is 0 Å². The van der Waals surface area contributed by atoms with E-state index in [1.165, 1.54) is 0 Å². The normalized spacial score (nSPS) is 12.3. The molecule has 1 aromatic rings. The van der Waals surface area contributed by atoms with Gasteiger partial charge in [-0.2, -0.15) is 0 Å². The molecular formula is C14H19ClO3. The van der Waals surface area contributed by atoms with Crippen LogP contribution in [-0.2, 0) is 9.53 Å². The van der Waals surface area contributed by atoms with Gasteiger partial charge in [0, 0.05) is 0 Å². The summed E-state index contributed by atoms with van der Waals surface area (Å²) >= 11 is 5.98. The lowest BCUT2D eigenvalue weighted by atomic mass is 10.2. The van der Waals surface area contributed by atoms with Gasteiger partial charge in [-0.1, -0.05) is 44.5 Å². The minimum Gasteiger partial charge on any atom is -0.477 e. The average molecular weight is 271 g/mol. The summed E-state index contributed by atoms with van der Waals surface area (Å²) in [7, 11) is 0. The van der Waals surface area contributed by atoms with Crippen molar-refractivity contribution < 1.29 is 14.3 Å². The zero-order valence-electron chi connectivity index (χ0n) is 11.0. The third kappa shape index (κ3) is 4.57. The van der Waals surface area contributed by atoms with Crippen LogP contribution in [0.5, 0.6) is 5.75 Å². The first-order valence-corrected chi connectivity index (χ1v) is 6.50. The molecule has 0 aliphatic carbocycles. The quantitative estimate of drug-likeness (QED) is 0.740. The molecule has 0 fully saturated rings. The second kappa shape index (κ2) is 7.27. The molecule has 1 unspecified atom stereocenters. The molecule has 0 aliphatic heterocycles. The molecule has 0 N–H and O–H groups in total. The Morgan fingerprint density at radius 2 is 2.00 bits per heavy atom. The molecular weight excluding hydrogens is 252 g/mol. The highest BCUT2D eigenvalue weighted by Crippen LogP contribution is 2.25. The summed E-state index contributed by atoms with van der Waals surface area (Å²) < 4.78 is 10.7. The van der Waals surface area contributed by atoms with Crippen LogP contribution in [0.1, 0.15) is 27.2 Å². The molecule has 0 aromatic heterocycles. The van der Waals surface area contributed by atoms with Gasteiger partial charge in [0.15, 0.2) is 6.10 Å². The van der Waals surface area contributed by atoms with E-state index in [2.05, 4.69) is 0 Å². The van der Waals surface area contributed by atoms with Gasteiger partial charge in [0.2, 0.25) is 0 Å². The molecule has 3 nitrogen and oxygen atoms in total. The molecule has 0 saturated heterocycles. The number of rotatable bonds is 6. The van der Waals surface area contributed by atoms with E-state index in [1.54, 1.807) is 12.1 Å². The van der Waals surface area contributed by atoms with Crippen molar-refractivity contribution in [1.82, 2.24) is 0 Å². The third-order valence-corrected chi connectivity index (χ3v) is 2.61. The van der Waals surface area contributed by atoms with Crippen LogP contribution in [0.4, 0.5) is 0 Å². The van der Waals surface area contributed by atoms with Crippen molar-refractivity contribution in [2.24, 2.45) is 5.92 Å². The van der Waals surface area contributed by atoms with Crippen LogP contribution in [0.25, 0.3) is 0 Å². The standard InChI is InChI=1S/C14H19ClO3/c1-4-12(14(16)17-9-10(2)3)18-13-8-6-5-7-11(13)15/h5-8,10,12H,4,9H2,1-3H3. The first kappa shape index (κ1) is 14.8. The van der Waals surface area contributed by atoms with Crippen molar-refractivity contribution in [3.05, 3.63) is 29.3 Å². The van der Waals surface area contributed by atoms with Gasteiger partial charge in [-0.15, -0.1) is 0 Å². The number of para-hydroxylation sites is 1. The van der Waals surface area contributed by atoms with E-state index < -0.39 is 6.10 Å². The van der Waals surface area contributed by atoms with Crippen molar-refractivity contribution in [1.29, 1.82) is 0 Å². The van der Waals surface area contributed by atoms with Gasteiger partial charge in [0.05, 0.1) is 11.6 Å². The van der Waals surface area contributed by atoms with Gasteiger partial charge in [-0.05, 0) is 24.5 Å². The minimum absolute atomic E-state index is 0.312. The fourth-order valence-corrected chi connectivity index (χ4v) is 1.51. The van der Waals surface area contributed by atoms with Crippen LogP contribution >= 0.6 is 11.6 Å². The summed E-state index contributed by atoms with van der Waals surface area (Å²) in [5.41, 5.74) is 0. The van der Waals surface area contributed by atoms with E-state index in [0.29, 0.717) is 29.7 Å². The van der Waals surface area contributed by atoms with Crippen molar-refractivity contribution in [2.75, 3.05) is 6.61 Å². The van der Waals surface area contributed by atoms with E-state index in [0.717, 1.165) is 0 Å². The van der Waals surface area contributed by atoms with Crippen LogP contribution in [0, 0.1) is 5.92 Å². The first-order chi connectivity index (χ1) is 8.54. The van der Waals surface area contributed by atoms with E-state index in [4.69, 9.17) is 21.1 Å². The van der Waals surface area contributed by atoms with E-state index in [1.807, 2.05) is 32.9 Å². The fourth-order valence-electron chi connectivity index (χ4n) is 1.33. The second-order valence-corrected chi connectivity index (χ2v) is 4.88. The predicted octanol–water partition coefficient (Wildman–Crippen LogP) is 3.70. The summed E-state index contributed by atoms with van der Waals surface area (Å²) in [5, 5.41) is 0.493. The number of hydrogen-bond donors (Lipinski definition) is 0. The molecule has 0 heterocycles. The van der Waals surface area contributed by atoms with Crippen molar-refractivity contribution in [2.45, 2.75) is 33.3 Å². The number of carbonyl (C=O) groups is 1. The van der Waals surface area contributed by atoms with Crippen LogP contribution in [-0.4, -0.2) is 18.7 Å². The molecule has 0 radical (unpaired) electrons. The SMILES string of the molecule is CCC(Oc1ccccc1Cl)C(=O)OCC(C)C. The summed E-state index contributed by atoms with van der Waals surface area (Å²) in [6, 6.07) is 7.09. The Bertz CT molecular complexity index is 390. The second-order valence-electron chi connectivity index (χ2n) is 4.47. The molecule has 0 bridgehead atoms. The van der Waals surface area contributed by atoms with Gasteiger partial charge in [-0.3, -0.25) is 0 Å². The number of halogens is 1. The molecule has 0 amide bonds. The maximum Gasteiger partial charge on any atom is 0.347 e. The van der Waals surface area contributed by atoms with Crippen molar-refractivity contribution >= 4 is 17.6 Å². The molecule has 0 saturated carbocycles. The summed E-state index contributed by atoms with van der Waals surface area (Å²) in [5.74, 6) is 0.477. The van der Waals surface area contributed by atoms with Crippen LogP contribution in [0.15, 0.2) is 24.3 Å². The molecule has 4 heteroatoms. The zero-order valence-corrected chi connectivity index (χ0v) is 11.7. The number of esters is 1. The molecule has 1 atom stereocenters. The van der Waals surface area contributed by atoms with Crippen LogP contribution < -0.4 is 4.74 Å².